The Balaban J connectivity index is 2.33. The van der Waals surface area contributed by atoms with Gasteiger partial charge in [0, 0.05) is 19.0 Å². The lowest BCUT2D eigenvalue weighted by atomic mass is 10.0. The van der Waals surface area contributed by atoms with Crippen molar-refractivity contribution in [1.29, 1.82) is 0 Å². The summed E-state index contributed by atoms with van der Waals surface area (Å²) in [4.78, 5) is 23.1. The van der Waals surface area contributed by atoms with Crippen LogP contribution in [0.1, 0.15) is 13.3 Å². The minimum Gasteiger partial charge on any atom is -0.480 e. The molecule has 2 unspecified atom stereocenters. The van der Waals surface area contributed by atoms with Crippen molar-refractivity contribution in [3.05, 3.63) is 0 Å². The lowest BCUT2D eigenvalue weighted by molar-refractivity contribution is -0.135. The summed E-state index contributed by atoms with van der Waals surface area (Å²) in [5.74, 6) is -0.963. The minimum absolute atomic E-state index is 0.0978. The van der Waals surface area contributed by atoms with E-state index in [0.29, 0.717) is 13.1 Å². The van der Waals surface area contributed by atoms with Crippen molar-refractivity contribution in [2.75, 3.05) is 19.6 Å². The smallest absolute Gasteiger partial charge is 0.323 e. The SMILES string of the molecule is CC(O)C1CCN(C(=O)NCC(=O)O)C1. The number of carbonyl (C=O) groups is 2. The van der Waals surface area contributed by atoms with Crippen molar-refractivity contribution in [2.24, 2.45) is 5.92 Å². The van der Waals surface area contributed by atoms with Crippen molar-refractivity contribution in [3.8, 4) is 0 Å². The fourth-order valence-corrected chi connectivity index (χ4v) is 1.63. The van der Waals surface area contributed by atoms with E-state index in [9.17, 15) is 14.7 Å². The second kappa shape index (κ2) is 4.97. The van der Waals surface area contributed by atoms with Gasteiger partial charge in [-0.3, -0.25) is 4.79 Å². The van der Waals surface area contributed by atoms with Gasteiger partial charge in [-0.05, 0) is 13.3 Å². The zero-order valence-electron chi connectivity index (χ0n) is 8.64. The van der Waals surface area contributed by atoms with Gasteiger partial charge in [-0.2, -0.15) is 0 Å². The molecule has 0 bridgehead atoms. The summed E-state index contributed by atoms with van der Waals surface area (Å²) in [6, 6.07) is -0.374. The third kappa shape index (κ3) is 3.39. The first-order valence-electron chi connectivity index (χ1n) is 4.93. The van der Waals surface area contributed by atoms with Crippen molar-refractivity contribution in [1.82, 2.24) is 10.2 Å². The van der Waals surface area contributed by atoms with Gasteiger partial charge in [-0.25, -0.2) is 4.79 Å². The lowest BCUT2D eigenvalue weighted by Gasteiger charge is -2.17. The fraction of sp³-hybridized carbons (Fsp3) is 0.778. The Bertz CT molecular complexity index is 254. The fourth-order valence-electron chi connectivity index (χ4n) is 1.63. The number of nitrogens with zero attached hydrogens (tertiary/aromatic N) is 1. The number of aliphatic hydroxyl groups excluding tert-OH is 1. The number of amides is 2. The summed E-state index contributed by atoms with van der Waals surface area (Å²) in [5.41, 5.74) is 0. The van der Waals surface area contributed by atoms with Gasteiger partial charge in [0.05, 0.1) is 6.10 Å². The Labute approximate surface area is 87.9 Å². The Kier molecular flexibility index (Phi) is 3.90. The molecule has 0 saturated carbocycles. The van der Waals surface area contributed by atoms with Crippen LogP contribution in [0.4, 0.5) is 4.79 Å². The summed E-state index contributed by atoms with van der Waals surface area (Å²) >= 11 is 0. The number of carboxylic acids is 1. The van der Waals surface area contributed by atoms with Crippen LogP contribution in [0.15, 0.2) is 0 Å². The van der Waals surface area contributed by atoms with Gasteiger partial charge in [0.15, 0.2) is 0 Å². The van der Waals surface area contributed by atoms with Crippen molar-refractivity contribution < 1.29 is 19.8 Å². The Morgan fingerprint density at radius 3 is 2.73 bits per heavy atom. The summed E-state index contributed by atoms with van der Waals surface area (Å²) in [6.07, 6.45) is 0.334. The van der Waals surface area contributed by atoms with Crippen LogP contribution in [0.3, 0.4) is 0 Å². The van der Waals surface area contributed by atoms with E-state index < -0.39 is 12.1 Å². The Hall–Kier alpha value is -1.30. The van der Waals surface area contributed by atoms with Crippen LogP contribution in [0.2, 0.25) is 0 Å². The first-order chi connectivity index (χ1) is 7.00. The molecule has 6 heteroatoms. The molecule has 0 aromatic rings. The van der Waals surface area contributed by atoms with Gasteiger partial charge in [-0.1, -0.05) is 0 Å². The molecule has 0 radical (unpaired) electrons. The molecule has 1 rings (SSSR count). The number of carbonyl (C=O) groups excluding carboxylic acids is 1. The molecule has 0 aromatic heterocycles. The number of rotatable bonds is 3. The monoisotopic (exact) mass is 216 g/mol. The zero-order chi connectivity index (χ0) is 11.4. The molecule has 0 spiro atoms. The predicted molar refractivity (Wildman–Crippen MR) is 52.4 cm³/mol. The van der Waals surface area contributed by atoms with Crippen molar-refractivity contribution in [2.45, 2.75) is 19.4 Å². The molecule has 2 atom stereocenters. The summed E-state index contributed by atoms with van der Waals surface area (Å²) in [7, 11) is 0. The largest absolute Gasteiger partial charge is 0.480 e. The van der Waals surface area contributed by atoms with E-state index in [1.807, 2.05) is 0 Å². The number of aliphatic carboxylic acids is 1. The molecule has 1 aliphatic heterocycles. The molecule has 1 saturated heterocycles. The highest BCUT2D eigenvalue weighted by molar-refractivity contribution is 5.80. The van der Waals surface area contributed by atoms with Crippen molar-refractivity contribution in [3.63, 3.8) is 0 Å². The average molecular weight is 216 g/mol. The maximum absolute atomic E-state index is 11.4. The third-order valence-electron chi connectivity index (χ3n) is 2.58. The van der Waals surface area contributed by atoms with Gasteiger partial charge in [0.1, 0.15) is 6.54 Å². The molecule has 1 aliphatic rings. The van der Waals surface area contributed by atoms with Crippen LogP contribution in [0.5, 0.6) is 0 Å². The highest BCUT2D eigenvalue weighted by Gasteiger charge is 2.28. The molecule has 1 fully saturated rings. The molecule has 15 heavy (non-hydrogen) atoms. The van der Waals surface area contributed by atoms with E-state index in [1.165, 1.54) is 4.90 Å². The molecular formula is C9H16N2O4. The quantitative estimate of drug-likeness (QED) is 0.592. The van der Waals surface area contributed by atoms with E-state index in [4.69, 9.17) is 5.11 Å². The molecular weight excluding hydrogens is 200 g/mol. The maximum Gasteiger partial charge on any atom is 0.323 e. The van der Waals surface area contributed by atoms with Crippen LogP contribution < -0.4 is 5.32 Å². The Morgan fingerprint density at radius 2 is 2.27 bits per heavy atom. The average Bonchev–Trinajstić information content (AvgIpc) is 2.62. The predicted octanol–water partition coefficient (Wildman–Crippen LogP) is -0.517. The van der Waals surface area contributed by atoms with Gasteiger partial charge >= 0.3 is 12.0 Å². The standard InChI is InChI=1S/C9H16N2O4/c1-6(12)7-2-3-11(5-7)9(15)10-4-8(13)14/h6-7,12H,2-5H2,1H3,(H,10,15)(H,13,14). The summed E-state index contributed by atoms with van der Waals surface area (Å²) < 4.78 is 0. The van der Waals surface area contributed by atoms with E-state index >= 15 is 0 Å². The summed E-state index contributed by atoms with van der Waals surface area (Å²) in [5, 5.41) is 20.0. The molecule has 6 nitrogen and oxygen atoms in total. The van der Waals surface area contributed by atoms with Crippen molar-refractivity contribution >= 4 is 12.0 Å². The zero-order valence-corrected chi connectivity index (χ0v) is 8.64. The minimum atomic E-state index is -1.06. The molecule has 0 aromatic carbocycles. The first-order valence-corrected chi connectivity index (χ1v) is 4.93. The number of likely N-dealkylation sites (tertiary alicyclic amines) is 1. The van der Waals surface area contributed by atoms with Crippen LogP contribution in [0.25, 0.3) is 0 Å². The van der Waals surface area contributed by atoms with Gasteiger partial charge in [0.2, 0.25) is 0 Å². The van der Waals surface area contributed by atoms with Crippen LogP contribution in [0, 0.1) is 5.92 Å². The molecule has 2 amide bonds. The van der Waals surface area contributed by atoms with E-state index in [1.54, 1.807) is 6.92 Å². The van der Waals surface area contributed by atoms with E-state index in [2.05, 4.69) is 5.32 Å². The maximum atomic E-state index is 11.4. The molecule has 0 aliphatic carbocycles. The van der Waals surface area contributed by atoms with E-state index in [-0.39, 0.29) is 18.5 Å². The van der Waals surface area contributed by atoms with Gasteiger partial charge in [0.25, 0.3) is 0 Å². The number of carboxylic acid groups (broad SMARTS) is 1. The Morgan fingerprint density at radius 1 is 1.60 bits per heavy atom. The lowest BCUT2D eigenvalue weighted by Crippen LogP contribution is -2.41. The van der Waals surface area contributed by atoms with Gasteiger partial charge < -0.3 is 20.4 Å². The number of aliphatic hydroxyl groups is 1. The topological polar surface area (TPSA) is 89.9 Å². The second-order valence-corrected chi connectivity index (χ2v) is 3.79. The first kappa shape index (κ1) is 11.8. The number of urea groups is 1. The second-order valence-electron chi connectivity index (χ2n) is 3.79. The normalized spacial score (nSPS) is 22.5. The highest BCUT2D eigenvalue weighted by atomic mass is 16.4. The van der Waals surface area contributed by atoms with Crippen LogP contribution in [-0.4, -0.2) is 52.9 Å². The number of nitrogens with one attached hydrogen (secondary N) is 1. The third-order valence-corrected chi connectivity index (χ3v) is 2.58. The van der Waals surface area contributed by atoms with Gasteiger partial charge in [-0.15, -0.1) is 0 Å². The molecule has 1 heterocycles. The van der Waals surface area contributed by atoms with Crippen LogP contribution >= 0.6 is 0 Å². The van der Waals surface area contributed by atoms with Crippen LogP contribution in [-0.2, 0) is 4.79 Å². The summed E-state index contributed by atoms with van der Waals surface area (Å²) in [6.45, 7) is 2.39. The van der Waals surface area contributed by atoms with E-state index in [0.717, 1.165) is 6.42 Å². The number of hydrogen-bond acceptors (Lipinski definition) is 3. The number of hydrogen-bond donors (Lipinski definition) is 3. The molecule has 86 valence electrons. The molecule has 3 N–H and O–H groups in total. The highest BCUT2D eigenvalue weighted by Crippen LogP contribution is 2.19.